The molecule has 3 aromatic carbocycles. The molecule has 0 fully saturated rings. The third kappa shape index (κ3) is 2.48. The van der Waals surface area contributed by atoms with Crippen LogP contribution in [0, 0.1) is 6.92 Å². The molecule has 1 atom stereocenters. The van der Waals surface area contributed by atoms with Gasteiger partial charge in [-0.2, -0.15) is 0 Å². The Kier molecular flexibility index (Phi) is 3.72. The van der Waals surface area contributed by atoms with Crippen LogP contribution in [0.15, 0.2) is 66.9 Å². The van der Waals surface area contributed by atoms with Crippen molar-refractivity contribution >= 4 is 22.5 Å². The molecular weight excluding hydrogens is 412 g/mol. The van der Waals surface area contributed by atoms with E-state index in [1.807, 2.05) is 29.2 Å². The first kappa shape index (κ1) is 18.7. The van der Waals surface area contributed by atoms with Gasteiger partial charge in [0.25, 0.3) is 0 Å². The fourth-order valence-electron chi connectivity index (χ4n) is 5.60. The molecule has 7 rings (SSSR count). The summed E-state index contributed by atoms with van der Waals surface area (Å²) in [5.74, 6) is 1.67. The zero-order chi connectivity index (χ0) is 22.2. The van der Waals surface area contributed by atoms with Gasteiger partial charge in [-0.1, -0.05) is 35.9 Å². The minimum Gasteiger partial charge on any atom is -0.493 e. The molecule has 33 heavy (non-hydrogen) atoms. The molecule has 5 heteroatoms. The summed E-state index contributed by atoms with van der Waals surface area (Å²) in [5.41, 5.74) is 6.34. The molecule has 162 valence electrons. The quantitative estimate of drug-likeness (QED) is 0.459. The van der Waals surface area contributed by atoms with Crippen molar-refractivity contribution in [3.05, 3.63) is 94.7 Å². The first-order valence-corrected chi connectivity index (χ1v) is 11.3. The molecular formula is C28H22N2O3. The molecule has 0 saturated carbocycles. The van der Waals surface area contributed by atoms with Crippen LogP contribution in [0.1, 0.15) is 27.8 Å². The number of benzene rings is 3. The second kappa shape index (κ2) is 6.58. The average Bonchev–Trinajstić information content (AvgIpc) is 3.51. The summed E-state index contributed by atoms with van der Waals surface area (Å²) in [5, 5.41) is 1.00. The molecule has 3 aliphatic rings. The van der Waals surface area contributed by atoms with E-state index in [0.29, 0.717) is 13.2 Å². The number of hydrogen-bond acceptors (Lipinski definition) is 4. The smallest absolute Gasteiger partial charge is 0.246 e. The first-order valence-electron chi connectivity index (χ1n) is 11.3. The highest BCUT2D eigenvalue weighted by atomic mass is 16.5. The predicted octanol–water partition coefficient (Wildman–Crippen LogP) is 4.70. The van der Waals surface area contributed by atoms with Crippen LogP contribution < -0.4 is 14.4 Å². The van der Waals surface area contributed by atoms with E-state index in [-0.39, 0.29) is 12.5 Å². The van der Waals surface area contributed by atoms with Gasteiger partial charge in [0.15, 0.2) is 0 Å². The van der Waals surface area contributed by atoms with E-state index < -0.39 is 5.41 Å². The van der Waals surface area contributed by atoms with Gasteiger partial charge in [0.2, 0.25) is 5.91 Å². The van der Waals surface area contributed by atoms with Crippen LogP contribution >= 0.6 is 0 Å². The molecule has 4 heterocycles. The van der Waals surface area contributed by atoms with Crippen molar-refractivity contribution in [3.63, 3.8) is 0 Å². The molecule has 0 radical (unpaired) electrons. The van der Waals surface area contributed by atoms with Crippen LogP contribution in [-0.4, -0.2) is 24.1 Å². The van der Waals surface area contributed by atoms with E-state index in [1.54, 1.807) is 6.20 Å². The monoisotopic (exact) mass is 434 g/mol. The summed E-state index contributed by atoms with van der Waals surface area (Å²) in [7, 11) is 0. The maximum Gasteiger partial charge on any atom is 0.246 e. The van der Waals surface area contributed by atoms with Gasteiger partial charge in [-0.05, 0) is 42.3 Å². The fourth-order valence-corrected chi connectivity index (χ4v) is 5.60. The van der Waals surface area contributed by atoms with Crippen molar-refractivity contribution < 1.29 is 14.3 Å². The third-order valence-corrected chi connectivity index (χ3v) is 7.25. The van der Waals surface area contributed by atoms with E-state index in [0.717, 1.165) is 56.8 Å². The van der Waals surface area contributed by atoms with Crippen LogP contribution in [0.25, 0.3) is 10.9 Å². The number of nitrogens with zero attached hydrogens (tertiary/aromatic N) is 2. The number of pyridine rings is 1. The van der Waals surface area contributed by atoms with Crippen molar-refractivity contribution in [1.82, 2.24) is 4.98 Å². The molecule has 4 aromatic rings. The summed E-state index contributed by atoms with van der Waals surface area (Å²) in [6, 6.07) is 20.5. The van der Waals surface area contributed by atoms with Gasteiger partial charge in [0, 0.05) is 40.9 Å². The van der Waals surface area contributed by atoms with Crippen LogP contribution in [-0.2, 0) is 23.2 Å². The summed E-state index contributed by atoms with van der Waals surface area (Å²) in [4.78, 5) is 20.9. The largest absolute Gasteiger partial charge is 0.493 e. The molecule has 1 spiro atoms. The predicted molar refractivity (Wildman–Crippen MR) is 126 cm³/mol. The van der Waals surface area contributed by atoms with Crippen molar-refractivity contribution in [2.75, 3.05) is 18.1 Å². The number of hydrogen-bond donors (Lipinski definition) is 0. The number of aromatic nitrogens is 1. The molecule has 1 amide bonds. The van der Waals surface area contributed by atoms with Gasteiger partial charge in [-0.3, -0.25) is 9.78 Å². The lowest BCUT2D eigenvalue weighted by Crippen LogP contribution is -2.42. The normalized spacial score (nSPS) is 20.0. The Balaban J connectivity index is 1.47. The van der Waals surface area contributed by atoms with Crippen molar-refractivity contribution in [3.8, 4) is 11.5 Å². The number of fused-ring (bicyclic) bond motifs is 7. The fraction of sp³-hybridized carbons (Fsp3) is 0.214. The second-order valence-corrected chi connectivity index (χ2v) is 9.16. The lowest BCUT2D eigenvalue weighted by atomic mass is 9.75. The van der Waals surface area contributed by atoms with Crippen LogP contribution in [0.4, 0.5) is 5.69 Å². The SMILES string of the molecule is Cc1ccc(CN2C(=O)C3(COc4cc5c(cc43)CCO5)c3c2ccc2ncccc32)cc1. The van der Waals surface area contributed by atoms with E-state index >= 15 is 0 Å². The maximum absolute atomic E-state index is 14.4. The number of ether oxygens (including phenoxy) is 2. The van der Waals surface area contributed by atoms with E-state index in [4.69, 9.17) is 9.47 Å². The van der Waals surface area contributed by atoms with Gasteiger partial charge in [0.1, 0.15) is 23.5 Å². The second-order valence-electron chi connectivity index (χ2n) is 9.16. The molecule has 0 saturated heterocycles. The van der Waals surface area contributed by atoms with Gasteiger partial charge in [0.05, 0.1) is 18.7 Å². The maximum atomic E-state index is 14.4. The van der Waals surface area contributed by atoms with E-state index in [2.05, 4.69) is 48.3 Å². The van der Waals surface area contributed by atoms with E-state index in [9.17, 15) is 4.79 Å². The molecule has 5 nitrogen and oxygen atoms in total. The minimum absolute atomic E-state index is 0.0621. The average molecular weight is 434 g/mol. The number of aryl methyl sites for hydroxylation is 1. The standard InChI is InChI=1S/C28H22N2O3/c1-17-4-6-18(7-5-17)15-30-23-9-8-22-20(3-2-11-29-22)26(23)28(27(30)31)16-33-25-14-24-19(10-12-32-24)13-21(25)28/h2-9,11,13-14H,10,12,15-16H2,1H3. The summed E-state index contributed by atoms with van der Waals surface area (Å²) in [6.45, 7) is 3.55. The van der Waals surface area contributed by atoms with Crippen LogP contribution in [0.3, 0.4) is 0 Å². The Bertz CT molecular complexity index is 1460. The lowest BCUT2D eigenvalue weighted by Gasteiger charge is -2.24. The highest BCUT2D eigenvalue weighted by Crippen LogP contribution is 2.56. The van der Waals surface area contributed by atoms with Gasteiger partial charge < -0.3 is 14.4 Å². The zero-order valence-electron chi connectivity index (χ0n) is 18.3. The molecule has 3 aliphatic heterocycles. The summed E-state index contributed by atoms with van der Waals surface area (Å²) < 4.78 is 12.0. The van der Waals surface area contributed by atoms with E-state index in [1.165, 1.54) is 5.56 Å². The number of carbonyl (C=O) groups is 1. The van der Waals surface area contributed by atoms with Gasteiger partial charge in [-0.25, -0.2) is 0 Å². The van der Waals surface area contributed by atoms with Crippen molar-refractivity contribution in [1.29, 1.82) is 0 Å². The van der Waals surface area contributed by atoms with Crippen LogP contribution in [0.2, 0.25) is 0 Å². The van der Waals surface area contributed by atoms with Crippen LogP contribution in [0.5, 0.6) is 11.5 Å². The van der Waals surface area contributed by atoms with Gasteiger partial charge in [-0.15, -0.1) is 0 Å². The first-order chi connectivity index (χ1) is 16.1. The molecule has 1 aromatic heterocycles. The number of carbonyl (C=O) groups excluding carboxylic acids is 1. The Hall–Kier alpha value is -3.86. The Labute approximate surface area is 191 Å². The van der Waals surface area contributed by atoms with Gasteiger partial charge >= 0.3 is 0 Å². The Morgan fingerprint density at radius 2 is 1.91 bits per heavy atom. The molecule has 1 unspecified atom stereocenters. The summed E-state index contributed by atoms with van der Waals surface area (Å²) >= 11 is 0. The third-order valence-electron chi connectivity index (χ3n) is 7.25. The lowest BCUT2D eigenvalue weighted by molar-refractivity contribution is -0.122. The number of anilines is 1. The number of amides is 1. The Morgan fingerprint density at radius 1 is 1.03 bits per heavy atom. The molecule has 0 N–H and O–H groups in total. The minimum atomic E-state index is -0.879. The zero-order valence-corrected chi connectivity index (χ0v) is 18.3. The van der Waals surface area contributed by atoms with Crippen molar-refractivity contribution in [2.45, 2.75) is 25.3 Å². The topological polar surface area (TPSA) is 51.7 Å². The molecule has 0 bridgehead atoms. The Morgan fingerprint density at radius 3 is 2.79 bits per heavy atom. The van der Waals surface area contributed by atoms with Crippen molar-refractivity contribution in [2.24, 2.45) is 0 Å². The number of rotatable bonds is 2. The molecule has 0 aliphatic carbocycles. The highest BCUT2D eigenvalue weighted by molar-refractivity contribution is 6.15. The summed E-state index contributed by atoms with van der Waals surface area (Å²) in [6.07, 6.45) is 2.65. The highest BCUT2D eigenvalue weighted by Gasteiger charge is 2.58.